The van der Waals surface area contributed by atoms with Crippen LogP contribution in [0.5, 0.6) is 0 Å². The summed E-state index contributed by atoms with van der Waals surface area (Å²) in [5.41, 5.74) is 4.01. The van der Waals surface area contributed by atoms with Gasteiger partial charge in [-0.3, -0.25) is 4.98 Å². The van der Waals surface area contributed by atoms with Gasteiger partial charge in [-0.15, -0.1) is 0 Å². The van der Waals surface area contributed by atoms with E-state index in [2.05, 4.69) is 32.8 Å². The first-order chi connectivity index (χ1) is 10.3. The highest BCUT2D eigenvalue weighted by Gasteiger charge is 2.15. The molecule has 1 aliphatic heterocycles. The van der Waals surface area contributed by atoms with E-state index in [1.807, 2.05) is 18.3 Å². The zero-order valence-electron chi connectivity index (χ0n) is 12.0. The highest BCUT2D eigenvalue weighted by atomic mass is 15.2. The number of benzene rings is 1. The number of para-hydroxylation sites is 1. The molecule has 21 heavy (non-hydrogen) atoms. The van der Waals surface area contributed by atoms with Crippen molar-refractivity contribution in [1.82, 2.24) is 19.9 Å². The number of hydrogen-bond acceptors (Lipinski definition) is 4. The van der Waals surface area contributed by atoms with E-state index in [-0.39, 0.29) is 0 Å². The number of rotatable bonds is 2. The van der Waals surface area contributed by atoms with Gasteiger partial charge in [0.15, 0.2) is 5.82 Å². The van der Waals surface area contributed by atoms with Gasteiger partial charge in [0.05, 0.1) is 23.4 Å². The summed E-state index contributed by atoms with van der Waals surface area (Å²) < 4.78 is 0. The lowest BCUT2D eigenvalue weighted by atomic mass is 10.2. The van der Waals surface area contributed by atoms with Crippen LogP contribution in [0.1, 0.15) is 18.4 Å². The molecule has 0 unspecified atom stereocenters. The number of aromatic nitrogens is 4. The fourth-order valence-electron chi connectivity index (χ4n) is 2.87. The molecule has 1 aromatic carbocycles. The molecule has 2 aromatic heterocycles. The van der Waals surface area contributed by atoms with Crippen LogP contribution in [0.3, 0.4) is 0 Å². The first-order valence-corrected chi connectivity index (χ1v) is 7.34. The van der Waals surface area contributed by atoms with E-state index >= 15 is 0 Å². The normalized spacial score (nSPS) is 15.0. The molecule has 0 bridgehead atoms. The van der Waals surface area contributed by atoms with Crippen molar-refractivity contribution in [3.05, 3.63) is 36.2 Å². The molecule has 1 fully saturated rings. The van der Waals surface area contributed by atoms with Gasteiger partial charge >= 0.3 is 0 Å². The van der Waals surface area contributed by atoms with Crippen LogP contribution < -0.4 is 4.90 Å². The topological polar surface area (TPSA) is 57.7 Å². The SMILES string of the molecule is Cc1cccc2[nH]c(-c3cncc(N4CCCC4)n3)nc12. The molecule has 4 rings (SSSR count). The standard InChI is InChI=1S/C16H17N5/c1-11-5-4-6-12-15(11)20-16(19-12)13-9-17-10-14(18-13)21-7-2-3-8-21/h4-6,9-10H,2-3,7-8H2,1H3,(H,19,20). The Morgan fingerprint density at radius 2 is 1.95 bits per heavy atom. The number of nitrogens with zero attached hydrogens (tertiary/aromatic N) is 4. The molecule has 1 saturated heterocycles. The van der Waals surface area contributed by atoms with Gasteiger partial charge in [0.2, 0.25) is 0 Å². The van der Waals surface area contributed by atoms with Crippen LogP contribution in [-0.2, 0) is 0 Å². The Hall–Kier alpha value is -2.43. The molecule has 5 heteroatoms. The quantitative estimate of drug-likeness (QED) is 0.783. The van der Waals surface area contributed by atoms with E-state index in [0.29, 0.717) is 0 Å². The molecule has 3 aromatic rings. The number of H-pyrrole nitrogens is 1. The van der Waals surface area contributed by atoms with Gasteiger partial charge < -0.3 is 9.88 Å². The Morgan fingerprint density at radius 1 is 1.10 bits per heavy atom. The summed E-state index contributed by atoms with van der Waals surface area (Å²) in [4.78, 5) is 19.3. The summed E-state index contributed by atoms with van der Waals surface area (Å²) in [6.07, 6.45) is 6.07. The van der Waals surface area contributed by atoms with Crippen LogP contribution >= 0.6 is 0 Å². The number of nitrogens with one attached hydrogen (secondary N) is 1. The predicted octanol–water partition coefficient (Wildman–Crippen LogP) is 2.93. The highest BCUT2D eigenvalue weighted by molar-refractivity contribution is 5.81. The molecule has 0 saturated carbocycles. The first-order valence-electron chi connectivity index (χ1n) is 7.34. The lowest BCUT2D eigenvalue weighted by Crippen LogP contribution is -2.19. The minimum atomic E-state index is 0.785. The van der Waals surface area contributed by atoms with Crippen LogP contribution in [0, 0.1) is 6.92 Å². The number of anilines is 1. The zero-order chi connectivity index (χ0) is 14.2. The molecule has 1 N–H and O–H groups in total. The maximum absolute atomic E-state index is 4.72. The van der Waals surface area contributed by atoms with E-state index in [0.717, 1.165) is 41.5 Å². The third kappa shape index (κ3) is 2.14. The molecule has 0 aliphatic carbocycles. The van der Waals surface area contributed by atoms with Crippen LogP contribution in [0.15, 0.2) is 30.6 Å². The molecule has 106 valence electrons. The Morgan fingerprint density at radius 3 is 2.76 bits per heavy atom. The van der Waals surface area contributed by atoms with Crippen molar-refractivity contribution in [2.24, 2.45) is 0 Å². The maximum Gasteiger partial charge on any atom is 0.158 e. The van der Waals surface area contributed by atoms with Crippen molar-refractivity contribution in [3.8, 4) is 11.5 Å². The first kappa shape index (κ1) is 12.3. The molecular formula is C16H17N5. The Kier molecular flexibility index (Phi) is 2.84. The highest BCUT2D eigenvalue weighted by Crippen LogP contribution is 2.23. The van der Waals surface area contributed by atoms with E-state index in [4.69, 9.17) is 4.98 Å². The Balaban J connectivity index is 1.77. The van der Waals surface area contributed by atoms with Gasteiger partial charge in [0.1, 0.15) is 11.5 Å². The molecule has 5 nitrogen and oxygen atoms in total. The number of hydrogen-bond donors (Lipinski definition) is 1. The number of fused-ring (bicyclic) bond motifs is 1. The molecule has 0 radical (unpaired) electrons. The lowest BCUT2D eigenvalue weighted by Gasteiger charge is -2.15. The number of aryl methyl sites for hydroxylation is 1. The van der Waals surface area contributed by atoms with Gasteiger partial charge in [-0.05, 0) is 31.4 Å². The molecule has 0 spiro atoms. The maximum atomic E-state index is 4.72. The fourth-order valence-corrected chi connectivity index (χ4v) is 2.87. The van der Waals surface area contributed by atoms with Crippen LogP contribution in [-0.4, -0.2) is 33.0 Å². The van der Waals surface area contributed by atoms with Gasteiger partial charge in [-0.2, -0.15) is 0 Å². The van der Waals surface area contributed by atoms with E-state index in [1.165, 1.54) is 18.4 Å². The third-order valence-electron chi connectivity index (χ3n) is 4.01. The van der Waals surface area contributed by atoms with Gasteiger partial charge in [-0.25, -0.2) is 9.97 Å². The van der Waals surface area contributed by atoms with Crippen molar-refractivity contribution in [3.63, 3.8) is 0 Å². The molecule has 3 heterocycles. The second-order valence-corrected chi connectivity index (χ2v) is 5.51. The van der Waals surface area contributed by atoms with Crippen LogP contribution in [0.4, 0.5) is 5.82 Å². The molecule has 0 amide bonds. The predicted molar refractivity (Wildman–Crippen MR) is 83.3 cm³/mol. The minimum absolute atomic E-state index is 0.785. The average Bonchev–Trinajstić information content (AvgIpc) is 3.18. The number of aromatic amines is 1. The summed E-state index contributed by atoms with van der Waals surface area (Å²) in [7, 11) is 0. The second kappa shape index (κ2) is 4.84. The molecular weight excluding hydrogens is 262 g/mol. The fraction of sp³-hybridized carbons (Fsp3) is 0.312. The summed E-state index contributed by atoms with van der Waals surface area (Å²) in [6.45, 7) is 4.20. The Labute approximate surface area is 123 Å². The summed E-state index contributed by atoms with van der Waals surface area (Å²) >= 11 is 0. The third-order valence-corrected chi connectivity index (χ3v) is 4.01. The summed E-state index contributed by atoms with van der Waals surface area (Å²) in [5, 5.41) is 0. The molecule has 0 atom stereocenters. The summed E-state index contributed by atoms with van der Waals surface area (Å²) in [6, 6.07) is 6.14. The van der Waals surface area contributed by atoms with Crippen LogP contribution in [0.2, 0.25) is 0 Å². The van der Waals surface area contributed by atoms with E-state index in [9.17, 15) is 0 Å². The van der Waals surface area contributed by atoms with Crippen molar-refractivity contribution >= 4 is 16.9 Å². The zero-order valence-corrected chi connectivity index (χ0v) is 12.0. The van der Waals surface area contributed by atoms with Crippen molar-refractivity contribution < 1.29 is 0 Å². The van der Waals surface area contributed by atoms with Crippen molar-refractivity contribution in [2.75, 3.05) is 18.0 Å². The smallest absolute Gasteiger partial charge is 0.158 e. The summed E-state index contributed by atoms with van der Waals surface area (Å²) in [5.74, 6) is 1.73. The Bertz CT molecular complexity index is 786. The van der Waals surface area contributed by atoms with Gasteiger partial charge in [0.25, 0.3) is 0 Å². The van der Waals surface area contributed by atoms with Gasteiger partial charge in [-0.1, -0.05) is 12.1 Å². The monoisotopic (exact) mass is 279 g/mol. The van der Waals surface area contributed by atoms with Crippen LogP contribution in [0.25, 0.3) is 22.6 Å². The van der Waals surface area contributed by atoms with Crippen molar-refractivity contribution in [2.45, 2.75) is 19.8 Å². The lowest BCUT2D eigenvalue weighted by molar-refractivity contribution is 0.926. The molecule has 1 aliphatic rings. The van der Waals surface area contributed by atoms with E-state index in [1.54, 1.807) is 6.20 Å². The van der Waals surface area contributed by atoms with E-state index < -0.39 is 0 Å². The second-order valence-electron chi connectivity index (χ2n) is 5.51. The largest absolute Gasteiger partial charge is 0.355 e. The van der Waals surface area contributed by atoms with Gasteiger partial charge in [0, 0.05) is 13.1 Å². The number of imidazole rings is 1. The average molecular weight is 279 g/mol. The van der Waals surface area contributed by atoms with Crippen molar-refractivity contribution in [1.29, 1.82) is 0 Å². The minimum Gasteiger partial charge on any atom is -0.355 e.